The second-order valence-electron chi connectivity index (χ2n) is 5.90. The van der Waals surface area contributed by atoms with Crippen molar-refractivity contribution < 1.29 is 4.79 Å². The number of unbranched alkanes of at least 4 members (excludes halogenated alkanes) is 1. The number of likely N-dealkylation sites (tertiary alicyclic amines) is 1. The van der Waals surface area contributed by atoms with Crippen LogP contribution in [0.4, 0.5) is 0 Å². The Hall–Kier alpha value is -0.280. The van der Waals surface area contributed by atoms with Crippen molar-refractivity contribution in [1.82, 2.24) is 10.2 Å². The summed E-state index contributed by atoms with van der Waals surface area (Å²) in [6, 6.07) is 0. The molecule has 0 bridgehead atoms. The molecule has 0 saturated carbocycles. The van der Waals surface area contributed by atoms with Crippen molar-refractivity contribution >= 4 is 18.3 Å². The highest BCUT2D eigenvalue weighted by Crippen LogP contribution is 2.18. The lowest BCUT2D eigenvalue weighted by atomic mass is 9.92. The van der Waals surface area contributed by atoms with E-state index in [0.29, 0.717) is 6.54 Å². The maximum absolute atomic E-state index is 12.1. The van der Waals surface area contributed by atoms with Crippen LogP contribution in [0.5, 0.6) is 0 Å². The van der Waals surface area contributed by atoms with Crippen LogP contribution in [0.15, 0.2) is 0 Å². The minimum Gasteiger partial charge on any atom is -0.350 e. The van der Waals surface area contributed by atoms with Gasteiger partial charge in [0.2, 0.25) is 5.91 Å². The van der Waals surface area contributed by atoms with Gasteiger partial charge in [-0.05, 0) is 45.7 Å². The highest BCUT2D eigenvalue weighted by molar-refractivity contribution is 5.85. The molecule has 114 valence electrons. The van der Waals surface area contributed by atoms with Crippen LogP contribution in [0.1, 0.15) is 65.7 Å². The molecular weight excluding hydrogens is 260 g/mol. The lowest BCUT2D eigenvalue weighted by Crippen LogP contribution is -2.49. The topological polar surface area (TPSA) is 32.3 Å². The molecule has 0 radical (unpaired) electrons. The van der Waals surface area contributed by atoms with E-state index in [1.165, 1.54) is 32.1 Å². The summed E-state index contributed by atoms with van der Waals surface area (Å²) in [6.07, 6.45) is 8.29. The van der Waals surface area contributed by atoms with Gasteiger partial charge < -0.3 is 5.32 Å². The fourth-order valence-corrected chi connectivity index (χ4v) is 2.59. The zero-order valence-electron chi connectivity index (χ0n) is 12.8. The van der Waals surface area contributed by atoms with E-state index in [1.54, 1.807) is 0 Å². The maximum Gasteiger partial charge on any atom is 0.234 e. The van der Waals surface area contributed by atoms with Crippen LogP contribution < -0.4 is 5.32 Å². The first kappa shape index (κ1) is 18.7. The van der Waals surface area contributed by atoms with Crippen LogP contribution in [0.25, 0.3) is 0 Å². The Morgan fingerprint density at radius 1 is 1.21 bits per heavy atom. The van der Waals surface area contributed by atoms with E-state index in [0.717, 1.165) is 25.9 Å². The molecule has 1 atom stereocenters. The van der Waals surface area contributed by atoms with Gasteiger partial charge in [-0.25, -0.2) is 0 Å². The highest BCUT2D eigenvalue weighted by Gasteiger charge is 2.24. The first-order valence-corrected chi connectivity index (χ1v) is 7.63. The number of rotatable bonds is 7. The molecule has 1 fully saturated rings. The Morgan fingerprint density at radius 3 is 2.37 bits per heavy atom. The van der Waals surface area contributed by atoms with Crippen LogP contribution in [0, 0.1) is 0 Å². The Labute approximate surface area is 124 Å². The average Bonchev–Trinajstić information content (AvgIpc) is 2.37. The molecule has 1 amide bonds. The second-order valence-corrected chi connectivity index (χ2v) is 5.90. The fourth-order valence-electron chi connectivity index (χ4n) is 2.59. The van der Waals surface area contributed by atoms with E-state index in [2.05, 4.69) is 31.0 Å². The van der Waals surface area contributed by atoms with Crippen molar-refractivity contribution in [3.8, 4) is 0 Å². The fraction of sp³-hybridized carbons (Fsp3) is 0.933. The van der Waals surface area contributed by atoms with E-state index in [1.807, 2.05) is 0 Å². The number of carbonyl (C=O) groups excluding carboxylic acids is 1. The first-order chi connectivity index (χ1) is 8.59. The zero-order valence-corrected chi connectivity index (χ0v) is 13.7. The summed E-state index contributed by atoms with van der Waals surface area (Å²) in [6.45, 7) is 9.30. The highest BCUT2D eigenvalue weighted by atomic mass is 35.5. The quantitative estimate of drug-likeness (QED) is 0.780. The molecule has 1 heterocycles. The van der Waals surface area contributed by atoms with Gasteiger partial charge in [0.1, 0.15) is 0 Å². The molecule has 1 N–H and O–H groups in total. The molecule has 0 aromatic rings. The molecule has 19 heavy (non-hydrogen) atoms. The van der Waals surface area contributed by atoms with Gasteiger partial charge in [0.05, 0.1) is 6.54 Å². The number of piperidine rings is 1. The zero-order chi connectivity index (χ0) is 13.4. The Bertz CT molecular complexity index is 255. The lowest BCUT2D eigenvalue weighted by Gasteiger charge is -2.32. The number of carbonyl (C=O) groups is 1. The molecule has 0 aliphatic carbocycles. The molecule has 1 saturated heterocycles. The van der Waals surface area contributed by atoms with Crippen LogP contribution >= 0.6 is 12.4 Å². The first-order valence-electron chi connectivity index (χ1n) is 7.63. The smallest absolute Gasteiger partial charge is 0.234 e. The summed E-state index contributed by atoms with van der Waals surface area (Å²) in [5.41, 5.74) is -0.0110. The molecular formula is C15H31ClN2O. The number of hydrogen-bond donors (Lipinski definition) is 1. The third-order valence-corrected chi connectivity index (χ3v) is 4.12. The van der Waals surface area contributed by atoms with Crippen molar-refractivity contribution in [2.24, 2.45) is 0 Å². The SMILES string of the molecule is CCCCC(C)(CC)NC(=O)CN1CCCCC1.Cl. The van der Waals surface area contributed by atoms with E-state index in [-0.39, 0.29) is 23.9 Å². The molecule has 1 aliphatic heterocycles. The molecule has 4 heteroatoms. The Morgan fingerprint density at radius 2 is 1.84 bits per heavy atom. The van der Waals surface area contributed by atoms with Crippen LogP contribution in [0.2, 0.25) is 0 Å². The number of nitrogens with zero attached hydrogens (tertiary/aromatic N) is 1. The number of hydrogen-bond acceptors (Lipinski definition) is 2. The van der Waals surface area contributed by atoms with Gasteiger partial charge in [-0.3, -0.25) is 9.69 Å². The number of amides is 1. The minimum absolute atomic E-state index is 0. The standard InChI is InChI=1S/C15H30N2O.ClH/c1-4-6-10-15(3,5-2)16-14(18)13-17-11-8-7-9-12-17;/h4-13H2,1-3H3,(H,16,18);1H. The molecule has 1 aliphatic rings. The molecule has 3 nitrogen and oxygen atoms in total. The molecule has 0 aromatic carbocycles. The van der Waals surface area contributed by atoms with Crippen LogP contribution in [-0.4, -0.2) is 36.0 Å². The third-order valence-electron chi connectivity index (χ3n) is 4.12. The average molecular weight is 291 g/mol. The predicted octanol–water partition coefficient (Wildman–Crippen LogP) is 3.37. The van der Waals surface area contributed by atoms with Crippen molar-refractivity contribution in [3.05, 3.63) is 0 Å². The number of halogens is 1. The van der Waals surface area contributed by atoms with Crippen molar-refractivity contribution in [2.75, 3.05) is 19.6 Å². The van der Waals surface area contributed by atoms with E-state index in [9.17, 15) is 4.79 Å². The number of nitrogens with one attached hydrogen (secondary N) is 1. The van der Waals surface area contributed by atoms with Crippen molar-refractivity contribution in [3.63, 3.8) is 0 Å². The molecule has 0 spiro atoms. The van der Waals surface area contributed by atoms with Crippen molar-refractivity contribution in [2.45, 2.75) is 71.3 Å². The normalized spacial score (nSPS) is 19.3. The van der Waals surface area contributed by atoms with Crippen LogP contribution in [0.3, 0.4) is 0 Å². The molecule has 1 unspecified atom stereocenters. The predicted molar refractivity (Wildman–Crippen MR) is 83.9 cm³/mol. The molecule has 1 rings (SSSR count). The summed E-state index contributed by atoms with van der Waals surface area (Å²) in [4.78, 5) is 14.4. The monoisotopic (exact) mass is 290 g/mol. The van der Waals surface area contributed by atoms with E-state index < -0.39 is 0 Å². The second kappa shape index (κ2) is 9.60. The summed E-state index contributed by atoms with van der Waals surface area (Å²) in [7, 11) is 0. The van der Waals surface area contributed by atoms with Gasteiger partial charge in [-0.1, -0.05) is 33.1 Å². The van der Waals surface area contributed by atoms with Crippen LogP contribution in [-0.2, 0) is 4.79 Å². The summed E-state index contributed by atoms with van der Waals surface area (Å²) in [5.74, 6) is 0.206. The third kappa shape index (κ3) is 7.17. The van der Waals surface area contributed by atoms with Crippen molar-refractivity contribution in [1.29, 1.82) is 0 Å². The van der Waals surface area contributed by atoms with E-state index >= 15 is 0 Å². The van der Waals surface area contributed by atoms with Gasteiger partial charge >= 0.3 is 0 Å². The van der Waals surface area contributed by atoms with Gasteiger partial charge in [-0.15, -0.1) is 12.4 Å². The summed E-state index contributed by atoms with van der Waals surface area (Å²) in [5, 5.41) is 3.24. The van der Waals surface area contributed by atoms with Gasteiger partial charge in [-0.2, -0.15) is 0 Å². The van der Waals surface area contributed by atoms with E-state index in [4.69, 9.17) is 0 Å². The molecule has 0 aromatic heterocycles. The maximum atomic E-state index is 12.1. The van der Waals surface area contributed by atoms with Gasteiger partial charge in [0.15, 0.2) is 0 Å². The van der Waals surface area contributed by atoms with Gasteiger partial charge in [0.25, 0.3) is 0 Å². The summed E-state index contributed by atoms with van der Waals surface area (Å²) >= 11 is 0. The minimum atomic E-state index is -0.0110. The Balaban J connectivity index is 0.00000324. The Kier molecular flexibility index (Phi) is 9.46. The lowest BCUT2D eigenvalue weighted by molar-refractivity contribution is -0.124. The largest absolute Gasteiger partial charge is 0.350 e. The van der Waals surface area contributed by atoms with Gasteiger partial charge in [0, 0.05) is 5.54 Å². The summed E-state index contributed by atoms with van der Waals surface area (Å²) < 4.78 is 0.